The van der Waals surface area contributed by atoms with Crippen molar-refractivity contribution >= 4 is 27.5 Å². The van der Waals surface area contributed by atoms with Gasteiger partial charge < -0.3 is 10.2 Å². The van der Waals surface area contributed by atoms with E-state index in [0.717, 1.165) is 40.1 Å². The third-order valence-electron chi connectivity index (χ3n) is 5.79. The normalized spacial score (nSPS) is 12.1. The van der Waals surface area contributed by atoms with Gasteiger partial charge in [0.25, 0.3) is 0 Å². The van der Waals surface area contributed by atoms with Crippen LogP contribution in [0.4, 0.5) is 5.69 Å². The fourth-order valence-corrected chi connectivity index (χ4v) is 4.63. The van der Waals surface area contributed by atoms with Gasteiger partial charge in [0.2, 0.25) is 21.8 Å². The first kappa shape index (κ1) is 27.4. The molecule has 0 spiro atoms. The lowest BCUT2D eigenvalue weighted by Crippen LogP contribution is -2.52. The molecule has 186 valence electrons. The number of unbranched alkanes of at least 4 members (excludes halogenated alkanes) is 1. The highest BCUT2D eigenvalue weighted by Gasteiger charge is 2.31. The van der Waals surface area contributed by atoms with Gasteiger partial charge in [0.05, 0.1) is 11.9 Å². The summed E-state index contributed by atoms with van der Waals surface area (Å²) in [6, 6.07) is 14.0. The second-order valence-corrected chi connectivity index (χ2v) is 10.5. The van der Waals surface area contributed by atoms with Gasteiger partial charge in [0.1, 0.15) is 12.6 Å². The van der Waals surface area contributed by atoms with E-state index in [-0.39, 0.29) is 19.0 Å². The Morgan fingerprint density at radius 1 is 1.03 bits per heavy atom. The highest BCUT2D eigenvalue weighted by molar-refractivity contribution is 7.92. The molecular formula is C26H37N3O4S. The highest BCUT2D eigenvalue weighted by Crippen LogP contribution is 2.21. The molecule has 2 aromatic rings. The molecule has 0 aliphatic rings. The number of aryl methyl sites for hydroxylation is 2. The zero-order valence-electron chi connectivity index (χ0n) is 20.9. The lowest BCUT2D eigenvalue weighted by atomic mass is 10.1. The van der Waals surface area contributed by atoms with Gasteiger partial charge in [-0.25, -0.2) is 8.42 Å². The summed E-state index contributed by atoms with van der Waals surface area (Å²) in [5.41, 5.74) is 3.22. The zero-order valence-corrected chi connectivity index (χ0v) is 21.7. The number of anilines is 1. The minimum atomic E-state index is -3.73. The van der Waals surface area contributed by atoms with Crippen LogP contribution in [0, 0.1) is 13.8 Å². The molecule has 0 aromatic heterocycles. The van der Waals surface area contributed by atoms with Crippen molar-refractivity contribution in [3.05, 3.63) is 65.2 Å². The molecule has 0 saturated carbocycles. The van der Waals surface area contributed by atoms with Crippen molar-refractivity contribution in [2.75, 3.05) is 23.7 Å². The molecule has 0 unspecified atom stereocenters. The number of carbonyl (C=O) groups is 2. The predicted molar refractivity (Wildman–Crippen MR) is 137 cm³/mol. The van der Waals surface area contributed by atoms with Crippen LogP contribution in [0.3, 0.4) is 0 Å². The van der Waals surface area contributed by atoms with Crippen LogP contribution in [0.2, 0.25) is 0 Å². The Kier molecular flexibility index (Phi) is 10.1. The van der Waals surface area contributed by atoms with Crippen molar-refractivity contribution in [2.24, 2.45) is 0 Å². The average molecular weight is 488 g/mol. The Hall–Kier alpha value is -2.87. The van der Waals surface area contributed by atoms with Crippen molar-refractivity contribution < 1.29 is 18.0 Å². The quantitative estimate of drug-likeness (QED) is 0.462. The molecule has 1 N–H and O–H groups in total. The molecule has 0 fully saturated rings. The standard InChI is InChI=1S/C26H37N3O4S/c1-6-8-16-27-26(31)24(7-2)28(18-22-14-10-9-13-21(22)4)25(30)19-29(34(5,32)33)23-15-11-12-20(3)17-23/h9-15,17,24H,6-8,16,18-19H2,1-5H3,(H,27,31)/t24-/m1/s1. The minimum absolute atomic E-state index is 0.219. The summed E-state index contributed by atoms with van der Waals surface area (Å²) < 4.78 is 26.4. The maximum absolute atomic E-state index is 13.6. The van der Waals surface area contributed by atoms with Gasteiger partial charge in [-0.3, -0.25) is 13.9 Å². The van der Waals surface area contributed by atoms with Crippen LogP contribution < -0.4 is 9.62 Å². The third kappa shape index (κ3) is 7.58. The molecule has 7 nitrogen and oxygen atoms in total. The molecule has 0 heterocycles. The molecule has 0 aliphatic heterocycles. The Morgan fingerprint density at radius 2 is 1.74 bits per heavy atom. The van der Waals surface area contributed by atoms with Gasteiger partial charge in [-0.15, -0.1) is 0 Å². The van der Waals surface area contributed by atoms with Crippen molar-refractivity contribution in [3.8, 4) is 0 Å². The summed E-state index contributed by atoms with van der Waals surface area (Å²) in [5, 5.41) is 2.93. The molecule has 34 heavy (non-hydrogen) atoms. The smallest absolute Gasteiger partial charge is 0.244 e. The number of benzene rings is 2. The lowest BCUT2D eigenvalue weighted by Gasteiger charge is -2.33. The topological polar surface area (TPSA) is 86.8 Å². The Balaban J connectivity index is 2.41. The fraction of sp³-hybridized carbons (Fsp3) is 0.462. The number of nitrogens with zero attached hydrogens (tertiary/aromatic N) is 2. The fourth-order valence-electron chi connectivity index (χ4n) is 3.79. The Morgan fingerprint density at radius 3 is 2.32 bits per heavy atom. The molecule has 2 aromatic carbocycles. The number of hydrogen-bond donors (Lipinski definition) is 1. The van der Waals surface area contributed by atoms with Crippen LogP contribution in [0.1, 0.15) is 49.8 Å². The summed E-state index contributed by atoms with van der Waals surface area (Å²) in [5.74, 6) is -0.646. The van der Waals surface area contributed by atoms with E-state index in [2.05, 4.69) is 5.32 Å². The molecule has 0 bridgehead atoms. The summed E-state index contributed by atoms with van der Waals surface area (Å²) in [4.78, 5) is 28.2. The van der Waals surface area contributed by atoms with E-state index < -0.39 is 22.0 Å². The van der Waals surface area contributed by atoms with Crippen molar-refractivity contribution in [2.45, 2.75) is 59.5 Å². The average Bonchev–Trinajstić information content (AvgIpc) is 2.77. The molecule has 8 heteroatoms. The van der Waals surface area contributed by atoms with E-state index in [1.807, 2.05) is 58.0 Å². The first-order valence-corrected chi connectivity index (χ1v) is 13.6. The summed E-state index contributed by atoms with van der Waals surface area (Å²) in [6.07, 6.45) is 3.30. The monoisotopic (exact) mass is 487 g/mol. The number of carbonyl (C=O) groups excluding carboxylic acids is 2. The SMILES string of the molecule is CCCCNC(=O)[C@@H](CC)N(Cc1ccccc1C)C(=O)CN(c1cccc(C)c1)S(C)(=O)=O. The maximum Gasteiger partial charge on any atom is 0.244 e. The van der Waals surface area contributed by atoms with Crippen molar-refractivity contribution in [3.63, 3.8) is 0 Å². The molecule has 2 rings (SSSR count). The Bertz CT molecular complexity index is 1080. The molecule has 0 radical (unpaired) electrons. The van der Waals surface area contributed by atoms with Gasteiger partial charge in [0, 0.05) is 13.1 Å². The van der Waals surface area contributed by atoms with Crippen LogP contribution in [0.25, 0.3) is 0 Å². The minimum Gasteiger partial charge on any atom is -0.354 e. The van der Waals surface area contributed by atoms with E-state index in [9.17, 15) is 18.0 Å². The van der Waals surface area contributed by atoms with Crippen LogP contribution in [-0.2, 0) is 26.2 Å². The lowest BCUT2D eigenvalue weighted by molar-refractivity contribution is -0.140. The largest absolute Gasteiger partial charge is 0.354 e. The second kappa shape index (κ2) is 12.6. The second-order valence-electron chi connectivity index (χ2n) is 8.63. The molecular weight excluding hydrogens is 450 g/mol. The van der Waals surface area contributed by atoms with Crippen LogP contribution in [0.15, 0.2) is 48.5 Å². The predicted octanol–water partition coefficient (Wildman–Crippen LogP) is 3.79. The van der Waals surface area contributed by atoms with Crippen molar-refractivity contribution in [1.82, 2.24) is 10.2 Å². The van der Waals surface area contributed by atoms with E-state index in [0.29, 0.717) is 18.7 Å². The zero-order chi connectivity index (χ0) is 25.3. The number of nitrogens with one attached hydrogen (secondary N) is 1. The number of hydrogen-bond acceptors (Lipinski definition) is 4. The van der Waals surface area contributed by atoms with Gasteiger partial charge in [-0.05, 0) is 55.5 Å². The highest BCUT2D eigenvalue weighted by atomic mass is 32.2. The molecule has 2 amide bonds. The summed E-state index contributed by atoms with van der Waals surface area (Å²) >= 11 is 0. The first-order chi connectivity index (χ1) is 16.1. The number of rotatable bonds is 12. The Labute approximate surface area is 204 Å². The van der Waals surface area contributed by atoms with Gasteiger partial charge in [-0.1, -0.05) is 56.7 Å². The van der Waals surface area contributed by atoms with Crippen LogP contribution in [0.5, 0.6) is 0 Å². The molecule has 0 aliphatic carbocycles. The van der Waals surface area contributed by atoms with E-state index in [1.165, 1.54) is 4.90 Å². The van der Waals surface area contributed by atoms with Gasteiger partial charge in [-0.2, -0.15) is 0 Å². The maximum atomic E-state index is 13.6. The van der Waals surface area contributed by atoms with E-state index in [4.69, 9.17) is 0 Å². The number of amides is 2. The summed E-state index contributed by atoms with van der Waals surface area (Å²) in [7, 11) is -3.73. The first-order valence-electron chi connectivity index (χ1n) is 11.7. The third-order valence-corrected chi connectivity index (χ3v) is 6.93. The molecule has 1 atom stereocenters. The molecule has 0 saturated heterocycles. The number of sulfonamides is 1. The van der Waals surface area contributed by atoms with Gasteiger partial charge >= 0.3 is 0 Å². The van der Waals surface area contributed by atoms with Crippen molar-refractivity contribution in [1.29, 1.82) is 0 Å². The van der Waals surface area contributed by atoms with Crippen LogP contribution >= 0.6 is 0 Å². The van der Waals surface area contributed by atoms with Crippen LogP contribution in [-0.4, -0.2) is 50.5 Å². The van der Waals surface area contributed by atoms with Gasteiger partial charge in [0.15, 0.2) is 0 Å². The summed E-state index contributed by atoms with van der Waals surface area (Å²) in [6.45, 7) is 8.10. The van der Waals surface area contributed by atoms with E-state index >= 15 is 0 Å². The van der Waals surface area contributed by atoms with E-state index in [1.54, 1.807) is 18.2 Å².